The molecule has 0 spiro atoms. The lowest BCUT2D eigenvalue weighted by atomic mass is 9.84. The Hall–Kier alpha value is -2.09. The Morgan fingerprint density at radius 1 is 1.05 bits per heavy atom. The van der Waals surface area contributed by atoms with E-state index in [-0.39, 0.29) is 0 Å². The highest BCUT2D eigenvalue weighted by Crippen LogP contribution is 2.28. The third kappa shape index (κ3) is 3.97. The third-order valence-electron chi connectivity index (χ3n) is 4.47. The molecule has 116 valence electrons. The summed E-state index contributed by atoms with van der Waals surface area (Å²) >= 11 is 0. The summed E-state index contributed by atoms with van der Waals surface area (Å²) in [5.41, 5.74) is 3.75. The highest BCUT2D eigenvalue weighted by Gasteiger charge is 2.15. The van der Waals surface area contributed by atoms with Crippen LogP contribution in [-0.2, 0) is 6.42 Å². The molecule has 0 aromatic heterocycles. The van der Waals surface area contributed by atoms with Gasteiger partial charge in [-0.15, -0.1) is 0 Å². The van der Waals surface area contributed by atoms with Crippen LogP contribution in [0.4, 0.5) is 0 Å². The predicted octanol–water partition coefficient (Wildman–Crippen LogP) is 5.42. The van der Waals surface area contributed by atoms with Crippen LogP contribution in [0, 0.1) is 5.41 Å². The molecule has 22 heavy (non-hydrogen) atoms. The molecule has 2 rings (SSSR count). The van der Waals surface area contributed by atoms with Crippen LogP contribution >= 0.6 is 0 Å². The number of carboxylic acids is 1. The van der Waals surface area contributed by atoms with Gasteiger partial charge in [0.15, 0.2) is 0 Å². The maximum atomic E-state index is 11.3. The SMILES string of the molecule is CCC(C)(C)CCc1ccc(-c2ccccc2C(=O)O)cc1. The van der Waals surface area contributed by atoms with Gasteiger partial charge in [0.1, 0.15) is 0 Å². The minimum absolute atomic E-state index is 0.349. The van der Waals surface area contributed by atoms with Gasteiger partial charge in [0.25, 0.3) is 0 Å². The van der Waals surface area contributed by atoms with Gasteiger partial charge in [0, 0.05) is 0 Å². The fraction of sp³-hybridized carbons (Fsp3) is 0.350. The zero-order valence-corrected chi connectivity index (χ0v) is 13.6. The van der Waals surface area contributed by atoms with E-state index in [1.54, 1.807) is 12.1 Å². The van der Waals surface area contributed by atoms with Gasteiger partial charge in [-0.1, -0.05) is 69.7 Å². The van der Waals surface area contributed by atoms with Crippen molar-refractivity contribution in [2.45, 2.75) is 40.0 Å². The van der Waals surface area contributed by atoms with Crippen LogP contribution in [0.25, 0.3) is 11.1 Å². The monoisotopic (exact) mass is 296 g/mol. The van der Waals surface area contributed by atoms with Crippen molar-refractivity contribution in [2.75, 3.05) is 0 Å². The number of hydrogen-bond acceptors (Lipinski definition) is 1. The van der Waals surface area contributed by atoms with Crippen LogP contribution in [0.1, 0.15) is 49.5 Å². The molecule has 2 aromatic carbocycles. The second-order valence-corrected chi connectivity index (χ2v) is 6.57. The molecule has 2 nitrogen and oxygen atoms in total. The molecule has 0 radical (unpaired) electrons. The molecule has 0 aliphatic rings. The van der Waals surface area contributed by atoms with Gasteiger partial charge >= 0.3 is 5.97 Å². The number of aromatic carboxylic acids is 1. The molecule has 0 aliphatic carbocycles. The van der Waals surface area contributed by atoms with Crippen molar-refractivity contribution in [3.05, 3.63) is 59.7 Å². The maximum Gasteiger partial charge on any atom is 0.336 e. The highest BCUT2D eigenvalue weighted by molar-refractivity contribution is 5.95. The third-order valence-corrected chi connectivity index (χ3v) is 4.47. The van der Waals surface area contributed by atoms with E-state index in [1.165, 1.54) is 12.0 Å². The molecular weight excluding hydrogens is 272 g/mol. The second kappa shape index (κ2) is 6.78. The van der Waals surface area contributed by atoms with Gasteiger partial charge < -0.3 is 5.11 Å². The van der Waals surface area contributed by atoms with Crippen molar-refractivity contribution in [1.29, 1.82) is 0 Å². The smallest absolute Gasteiger partial charge is 0.336 e. The summed E-state index contributed by atoms with van der Waals surface area (Å²) < 4.78 is 0. The zero-order valence-electron chi connectivity index (χ0n) is 13.6. The molecule has 0 amide bonds. The summed E-state index contributed by atoms with van der Waals surface area (Å²) in [6.07, 6.45) is 3.40. The van der Waals surface area contributed by atoms with Crippen LogP contribution in [0.5, 0.6) is 0 Å². The quantitative estimate of drug-likeness (QED) is 0.772. The first-order valence-corrected chi connectivity index (χ1v) is 7.84. The lowest BCUT2D eigenvalue weighted by Crippen LogP contribution is -2.10. The van der Waals surface area contributed by atoms with Crippen molar-refractivity contribution in [2.24, 2.45) is 5.41 Å². The number of benzene rings is 2. The van der Waals surface area contributed by atoms with E-state index in [2.05, 4.69) is 32.9 Å². The lowest BCUT2D eigenvalue weighted by Gasteiger charge is -2.22. The first-order chi connectivity index (χ1) is 10.4. The molecule has 0 heterocycles. The number of carbonyl (C=O) groups is 1. The van der Waals surface area contributed by atoms with E-state index < -0.39 is 5.97 Å². The Kier molecular flexibility index (Phi) is 5.02. The number of hydrogen-bond donors (Lipinski definition) is 1. The van der Waals surface area contributed by atoms with Crippen LogP contribution in [-0.4, -0.2) is 11.1 Å². The average molecular weight is 296 g/mol. The van der Waals surface area contributed by atoms with Gasteiger partial charge in [0.05, 0.1) is 5.56 Å². The van der Waals surface area contributed by atoms with E-state index in [9.17, 15) is 9.90 Å². The maximum absolute atomic E-state index is 11.3. The standard InChI is InChI=1S/C20H24O2/c1-4-20(2,3)14-13-15-9-11-16(12-10-15)17-7-5-6-8-18(17)19(21)22/h5-12H,4,13-14H2,1-3H3,(H,21,22). The summed E-state index contributed by atoms with van der Waals surface area (Å²) in [5.74, 6) is -0.885. The van der Waals surface area contributed by atoms with Crippen LogP contribution in [0.15, 0.2) is 48.5 Å². The molecule has 0 bridgehead atoms. The molecule has 0 fully saturated rings. The summed E-state index contributed by atoms with van der Waals surface area (Å²) in [6, 6.07) is 15.4. The Bertz CT molecular complexity index is 639. The zero-order chi connectivity index (χ0) is 16.2. The van der Waals surface area contributed by atoms with E-state index in [4.69, 9.17) is 0 Å². The van der Waals surface area contributed by atoms with Gasteiger partial charge in [-0.25, -0.2) is 4.79 Å². The van der Waals surface area contributed by atoms with Gasteiger partial charge in [-0.2, -0.15) is 0 Å². The second-order valence-electron chi connectivity index (χ2n) is 6.57. The fourth-order valence-electron chi connectivity index (χ4n) is 2.43. The highest BCUT2D eigenvalue weighted by atomic mass is 16.4. The van der Waals surface area contributed by atoms with Crippen molar-refractivity contribution in [3.63, 3.8) is 0 Å². The fourth-order valence-corrected chi connectivity index (χ4v) is 2.43. The van der Waals surface area contributed by atoms with Crippen LogP contribution in [0.2, 0.25) is 0 Å². The van der Waals surface area contributed by atoms with Crippen molar-refractivity contribution in [1.82, 2.24) is 0 Å². The molecule has 0 atom stereocenters. The number of carboxylic acid groups (broad SMARTS) is 1. The van der Waals surface area contributed by atoms with Crippen LogP contribution < -0.4 is 0 Å². The van der Waals surface area contributed by atoms with E-state index in [0.29, 0.717) is 11.0 Å². The predicted molar refractivity (Wildman–Crippen MR) is 91.2 cm³/mol. The summed E-state index contributed by atoms with van der Waals surface area (Å²) in [5, 5.41) is 9.28. The normalized spacial score (nSPS) is 11.4. The summed E-state index contributed by atoms with van der Waals surface area (Å²) in [6.45, 7) is 6.82. The Labute approximate surface area is 132 Å². The number of rotatable bonds is 6. The molecule has 0 saturated carbocycles. The minimum atomic E-state index is -0.885. The Balaban J connectivity index is 2.18. The molecule has 0 unspecified atom stereocenters. The topological polar surface area (TPSA) is 37.3 Å². The summed E-state index contributed by atoms with van der Waals surface area (Å²) in [7, 11) is 0. The minimum Gasteiger partial charge on any atom is -0.478 e. The Morgan fingerprint density at radius 2 is 1.68 bits per heavy atom. The first kappa shape index (κ1) is 16.3. The van der Waals surface area contributed by atoms with Crippen molar-refractivity contribution < 1.29 is 9.90 Å². The average Bonchev–Trinajstić information content (AvgIpc) is 2.53. The number of aryl methyl sites for hydroxylation is 1. The van der Waals surface area contributed by atoms with Crippen molar-refractivity contribution in [3.8, 4) is 11.1 Å². The first-order valence-electron chi connectivity index (χ1n) is 7.84. The lowest BCUT2D eigenvalue weighted by molar-refractivity contribution is 0.0697. The molecule has 2 heteroatoms. The molecular formula is C20H24O2. The van der Waals surface area contributed by atoms with E-state index in [0.717, 1.165) is 24.0 Å². The molecule has 0 aliphatic heterocycles. The summed E-state index contributed by atoms with van der Waals surface area (Å²) in [4.78, 5) is 11.3. The van der Waals surface area contributed by atoms with E-state index >= 15 is 0 Å². The van der Waals surface area contributed by atoms with Crippen LogP contribution in [0.3, 0.4) is 0 Å². The van der Waals surface area contributed by atoms with Gasteiger partial charge in [-0.3, -0.25) is 0 Å². The largest absolute Gasteiger partial charge is 0.478 e. The molecule has 1 N–H and O–H groups in total. The van der Waals surface area contributed by atoms with Gasteiger partial charge in [-0.05, 0) is 41.0 Å². The van der Waals surface area contributed by atoms with Crippen molar-refractivity contribution >= 4 is 5.97 Å². The Morgan fingerprint density at radius 3 is 2.27 bits per heavy atom. The molecule has 0 saturated heterocycles. The van der Waals surface area contributed by atoms with Gasteiger partial charge in [0.2, 0.25) is 0 Å². The molecule has 2 aromatic rings. The van der Waals surface area contributed by atoms with E-state index in [1.807, 2.05) is 24.3 Å².